The highest BCUT2D eigenvalue weighted by molar-refractivity contribution is 6.35. The molecule has 3 heterocycles. The molecule has 3 N–H and O–H groups in total. The number of allylic oxidation sites excluding steroid dienone is 4. The fourth-order valence-corrected chi connectivity index (χ4v) is 4.80. The van der Waals surface area contributed by atoms with E-state index in [-0.39, 0.29) is 11.9 Å². The van der Waals surface area contributed by atoms with Crippen molar-refractivity contribution < 1.29 is 9.53 Å². The zero-order chi connectivity index (χ0) is 23.7. The summed E-state index contributed by atoms with van der Waals surface area (Å²) in [7, 11) is 3.29. The van der Waals surface area contributed by atoms with E-state index < -0.39 is 0 Å². The lowest BCUT2D eigenvalue weighted by Crippen LogP contribution is -2.39. The third kappa shape index (κ3) is 4.30. The summed E-state index contributed by atoms with van der Waals surface area (Å²) in [5, 5.41) is 8.61. The minimum Gasteiger partial charge on any atom is -0.462 e. The molecule has 173 valence electrons. The maximum absolute atomic E-state index is 12.6. The molecule has 1 amide bonds. The van der Waals surface area contributed by atoms with Crippen molar-refractivity contribution in [2.45, 2.75) is 38.3 Å². The van der Waals surface area contributed by atoms with Crippen LogP contribution in [0.4, 0.5) is 5.82 Å². The van der Waals surface area contributed by atoms with Crippen LogP contribution < -0.4 is 15.8 Å². The van der Waals surface area contributed by atoms with Crippen LogP contribution in [0.25, 0.3) is 11.3 Å². The molecule has 0 spiro atoms. The number of hydrogen-bond acceptors (Lipinski definition) is 6. The van der Waals surface area contributed by atoms with E-state index in [0.29, 0.717) is 30.8 Å². The number of ether oxygens (including phenoxy) is 1. The van der Waals surface area contributed by atoms with Gasteiger partial charge in [-0.3, -0.25) is 4.79 Å². The summed E-state index contributed by atoms with van der Waals surface area (Å²) in [6.07, 6.45) is 9.91. The summed E-state index contributed by atoms with van der Waals surface area (Å²) in [4.78, 5) is 18.8. The average molecular weight is 472 g/mol. The van der Waals surface area contributed by atoms with E-state index in [1.807, 2.05) is 46.0 Å². The fourth-order valence-electron chi connectivity index (χ4n) is 4.66. The first-order chi connectivity index (χ1) is 16.5. The number of aliphatic imine (C=N–C) groups is 1. The van der Waals surface area contributed by atoms with E-state index >= 15 is 0 Å². The van der Waals surface area contributed by atoms with E-state index in [0.717, 1.165) is 59.8 Å². The second kappa shape index (κ2) is 9.34. The van der Waals surface area contributed by atoms with Gasteiger partial charge in [-0.1, -0.05) is 18.7 Å². The molecular weight excluding hydrogens is 444 g/mol. The number of carbonyl (C=O) groups is 1. The second-order valence-electron chi connectivity index (χ2n) is 8.63. The van der Waals surface area contributed by atoms with Gasteiger partial charge in [0.1, 0.15) is 35.5 Å². The number of amides is 1. The van der Waals surface area contributed by atoms with Gasteiger partial charge >= 0.3 is 0 Å². The van der Waals surface area contributed by atoms with Crippen LogP contribution in [0.2, 0.25) is 0 Å². The Morgan fingerprint density at radius 3 is 2.88 bits per heavy atom. The van der Waals surface area contributed by atoms with Crippen molar-refractivity contribution in [3.63, 3.8) is 0 Å². The molecule has 2 aromatic rings. The molecule has 3 radical (unpaired) electrons. The molecule has 5 rings (SSSR count). The van der Waals surface area contributed by atoms with Crippen LogP contribution in [0, 0.1) is 0 Å². The van der Waals surface area contributed by atoms with Crippen LogP contribution in [0.15, 0.2) is 65.0 Å². The molecule has 34 heavy (non-hydrogen) atoms. The van der Waals surface area contributed by atoms with Crippen LogP contribution in [0.5, 0.6) is 5.75 Å². The first-order valence-electron chi connectivity index (χ1n) is 11.5. The number of anilines is 1. The Balaban J connectivity index is 1.43. The zero-order valence-electron chi connectivity index (χ0n) is 19.0. The van der Waals surface area contributed by atoms with Crippen molar-refractivity contribution in [3.05, 3.63) is 65.6 Å². The highest BCUT2D eigenvalue weighted by Crippen LogP contribution is 2.33. The zero-order valence-corrected chi connectivity index (χ0v) is 20.0. The number of benzene rings is 1. The van der Waals surface area contributed by atoms with Crippen molar-refractivity contribution >= 4 is 27.8 Å². The van der Waals surface area contributed by atoms with Gasteiger partial charge in [0, 0.05) is 18.5 Å². The molecule has 0 bridgehead atoms. The molecule has 1 atom stereocenters. The lowest BCUT2D eigenvalue weighted by atomic mass is 10.1. The summed E-state index contributed by atoms with van der Waals surface area (Å²) in [6, 6.07) is 7.91. The van der Waals surface area contributed by atoms with Crippen LogP contribution in [0.1, 0.15) is 31.2 Å². The van der Waals surface area contributed by atoms with Crippen molar-refractivity contribution in [2.24, 2.45) is 10.7 Å². The van der Waals surface area contributed by atoms with Gasteiger partial charge in [-0.2, -0.15) is 5.10 Å². The smallest absolute Gasteiger partial charge is 0.244 e. The minimum atomic E-state index is -0.0754. The Kier molecular flexibility index (Phi) is 6.10. The summed E-state index contributed by atoms with van der Waals surface area (Å²) in [5.74, 6) is 2.96. The molecule has 8 nitrogen and oxygen atoms in total. The van der Waals surface area contributed by atoms with Gasteiger partial charge in [-0.25, -0.2) is 9.67 Å². The molecular formula is C25H27N6O2Si. The van der Waals surface area contributed by atoms with Crippen molar-refractivity contribution in [2.75, 3.05) is 18.5 Å². The van der Waals surface area contributed by atoms with E-state index in [2.05, 4.69) is 33.2 Å². The number of nitrogens with two attached hydrogens (primary N) is 1. The van der Waals surface area contributed by atoms with E-state index in [1.165, 1.54) is 0 Å². The molecule has 3 aliphatic rings. The molecule has 1 saturated heterocycles. The normalized spacial score (nSPS) is 19.2. The Bertz CT molecular complexity index is 1210. The Labute approximate surface area is 202 Å². The lowest BCUT2D eigenvalue weighted by molar-refractivity contribution is -0.127. The number of nitrogens with zero attached hydrogens (tertiary/aromatic N) is 4. The maximum Gasteiger partial charge on any atom is 0.244 e. The maximum atomic E-state index is 12.6. The SMILES string of the molecule is C=C([Si])C(=O)N1CCCC1Cn1nc(-c2ccc(OC3=CC=CCC3)cc2)c2c1NCN=C2N. The lowest BCUT2D eigenvalue weighted by Gasteiger charge is -2.26. The molecule has 9 heteroatoms. The Morgan fingerprint density at radius 2 is 2.15 bits per heavy atom. The summed E-state index contributed by atoms with van der Waals surface area (Å²) < 4.78 is 7.92. The van der Waals surface area contributed by atoms with Crippen molar-refractivity contribution in [1.29, 1.82) is 0 Å². The summed E-state index contributed by atoms with van der Waals surface area (Å²) in [6.45, 7) is 5.42. The number of aromatic nitrogens is 2. The van der Waals surface area contributed by atoms with Gasteiger partial charge in [0.15, 0.2) is 0 Å². The molecule has 1 aliphatic carbocycles. The fraction of sp³-hybridized carbons (Fsp3) is 0.320. The number of carbonyl (C=O) groups excluding carboxylic acids is 1. The van der Waals surface area contributed by atoms with Crippen LogP contribution in [-0.4, -0.2) is 55.9 Å². The Morgan fingerprint density at radius 1 is 1.32 bits per heavy atom. The third-order valence-electron chi connectivity index (χ3n) is 6.34. The van der Waals surface area contributed by atoms with Crippen LogP contribution in [0.3, 0.4) is 0 Å². The first-order valence-corrected chi connectivity index (χ1v) is 12.0. The van der Waals surface area contributed by atoms with Gasteiger partial charge in [-0.05, 0) is 54.8 Å². The molecule has 2 aliphatic heterocycles. The third-order valence-corrected chi connectivity index (χ3v) is 6.55. The van der Waals surface area contributed by atoms with Crippen molar-refractivity contribution in [1.82, 2.24) is 14.7 Å². The standard InChI is InChI=1S/C25H27N6O2Si/c1-16(34)25(32)30-13-5-6-18(30)14-31-24-21(23(26)27-15-28-24)22(29-31)17-9-11-20(12-10-17)33-19-7-3-2-4-8-19/h2-3,7,9-12,18,28H,1,4-6,8,13-15H2,(H2,26,27). The predicted octanol–water partition coefficient (Wildman–Crippen LogP) is 2.92. The van der Waals surface area contributed by atoms with Crippen molar-refractivity contribution in [3.8, 4) is 17.0 Å². The molecule has 1 unspecified atom stereocenters. The van der Waals surface area contributed by atoms with Gasteiger partial charge in [0.25, 0.3) is 0 Å². The molecule has 0 saturated carbocycles. The topological polar surface area (TPSA) is 97.8 Å². The van der Waals surface area contributed by atoms with E-state index in [1.54, 1.807) is 0 Å². The van der Waals surface area contributed by atoms with Gasteiger partial charge in [0.2, 0.25) is 5.91 Å². The molecule has 1 fully saturated rings. The molecule has 1 aromatic heterocycles. The first kappa shape index (κ1) is 22.2. The van der Waals surface area contributed by atoms with Crippen LogP contribution >= 0.6 is 0 Å². The number of nitrogens with one attached hydrogen (secondary N) is 1. The average Bonchev–Trinajstić information content (AvgIpc) is 3.46. The van der Waals surface area contributed by atoms with Crippen LogP contribution in [-0.2, 0) is 11.3 Å². The number of rotatable bonds is 6. The Hall–Kier alpha value is -3.59. The monoisotopic (exact) mass is 471 g/mol. The molecule has 1 aromatic carbocycles. The number of hydrogen-bond donors (Lipinski definition) is 2. The quantitative estimate of drug-likeness (QED) is 0.499. The number of fused-ring (bicyclic) bond motifs is 1. The number of amidine groups is 1. The van der Waals surface area contributed by atoms with Gasteiger partial charge in [0.05, 0.1) is 28.4 Å². The number of likely N-dealkylation sites (tertiary alicyclic amines) is 1. The summed E-state index contributed by atoms with van der Waals surface area (Å²) >= 11 is 0. The van der Waals surface area contributed by atoms with Gasteiger partial charge < -0.3 is 20.7 Å². The highest BCUT2D eigenvalue weighted by Gasteiger charge is 2.32. The second-order valence-corrected chi connectivity index (χ2v) is 9.24. The largest absolute Gasteiger partial charge is 0.462 e. The minimum absolute atomic E-state index is 0.0351. The predicted molar refractivity (Wildman–Crippen MR) is 134 cm³/mol. The summed E-state index contributed by atoms with van der Waals surface area (Å²) in [5.41, 5.74) is 8.79. The highest BCUT2D eigenvalue weighted by atomic mass is 28.1. The van der Waals surface area contributed by atoms with E-state index in [9.17, 15) is 4.79 Å². The van der Waals surface area contributed by atoms with E-state index in [4.69, 9.17) is 15.6 Å². The van der Waals surface area contributed by atoms with Gasteiger partial charge in [-0.15, -0.1) is 0 Å².